The highest BCUT2D eigenvalue weighted by molar-refractivity contribution is 5.66. The first-order valence-corrected chi connectivity index (χ1v) is 6.63. The van der Waals surface area contributed by atoms with E-state index in [0.29, 0.717) is 12.6 Å². The number of hydrogen-bond acceptors (Lipinski definition) is 3. The van der Waals surface area contributed by atoms with Gasteiger partial charge in [0.25, 0.3) is 0 Å². The van der Waals surface area contributed by atoms with Crippen LogP contribution in [-0.2, 0) is 4.79 Å². The number of carboxylic acids is 1. The zero-order chi connectivity index (χ0) is 12.8. The van der Waals surface area contributed by atoms with Crippen molar-refractivity contribution in [3.63, 3.8) is 0 Å². The van der Waals surface area contributed by atoms with E-state index in [1.54, 1.807) is 0 Å². The molecule has 0 aliphatic carbocycles. The summed E-state index contributed by atoms with van der Waals surface area (Å²) in [6, 6.07) is 0.543. The summed E-state index contributed by atoms with van der Waals surface area (Å²) in [7, 11) is 2.04. The quantitative estimate of drug-likeness (QED) is 0.735. The fourth-order valence-electron chi connectivity index (χ4n) is 2.27. The van der Waals surface area contributed by atoms with Crippen LogP contribution in [0.4, 0.5) is 0 Å². The van der Waals surface area contributed by atoms with E-state index in [2.05, 4.69) is 23.6 Å². The summed E-state index contributed by atoms with van der Waals surface area (Å²) in [5, 5.41) is 8.67. The lowest BCUT2D eigenvalue weighted by atomic mass is 10.1. The van der Waals surface area contributed by atoms with Gasteiger partial charge in [0.05, 0.1) is 6.42 Å². The first-order chi connectivity index (χ1) is 7.99. The highest BCUT2D eigenvalue weighted by Gasteiger charge is 2.25. The smallest absolute Gasteiger partial charge is 0.304 e. The second-order valence-corrected chi connectivity index (χ2v) is 5.55. The Morgan fingerprint density at radius 2 is 2.24 bits per heavy atom. The normalized spacial score (nSPS) is 21.6. The number of likely N-dealkylation sites (tertiary alicyclic amines) is 1. The van der Waals surface area contributed by atoms with Crippen LogP contribution in [0, 0.1) is 5.92 Å². The molecular formula is C13H26N2O2. The summed E-state index contributed by atoms with van der Waals surface area (Å²) in [5.41, 5.74) is 0. The van der Waals surface area contributed by atoms with Crippen LogP contribution in [0.1, 0.15) is 33.1 Å². The van der Waals surface area contributed by atoms with Gasteiger partial charge in [0.15, 0.2) is 0 Å². The second kappa shape index (κ2) is 6.97. The van der Waals surface area contributed by atoms with Crippen LogP contribution in [0.5, 0.6) is 0 Å². The molecule has 100 valence electrons. The van der Waals surface area contributed by atoms with Crippen LogP contribution >= 0.6 is 0 Å². The Hall–Kier alpha value is -0.610. The molecule has 1 unspecified atom stereocenters. The number of aliphatic carboxylic acids is 1. The molecule has 4 heteroatoms. The minimum atomic E-state index is -0.702. The molecule has 0 spiro atoms. The highest BCUT2D eigenvalue weighted by Crippen LogP contribution is 2.16. The molecule has 0 radical (unpaired) electrons. The Bertz CT molecular complexity index is 244. The van der Waals surface area contributed by atoms with Crippen LogP contribution in [0.2, 0.25) is 0 Å². The maximum absolute atomic E-state index is 10.5. The van der Waals surface area contributed by atoms with Gasteiger partial charge >= 0.3 is 5.97 Å². The summed E-state index contributed by atoms with van der Waals surface area (Å²) in [6.45, 7) is 8.62. The Morgan fingerprint density at radius 3 is 2.82 bits per heavy atom. The molecule has 1 fully saturated rings. The second-order valence-electron chi connectivity index (χ2n) is 5.55. The molecule has 0 aromatic heterocycles. The third-order valence-electron chi connectivity index (χ3n) is 3.57. The van der Waals surface area contributed by atoms with Crippen LogP contribution in [0.25, 0.3) is 0 Å². The predicted molar refractivity (Wildman–Crippen MR) is 69.2 cm³/mol. The number of carbonyl (C=O) groups is 1. The lowest BCUT2D eigenvalue weighted by Crippen LogP contribution is -2.36. The average Bonchev–Trinajstić information content (AvgIpc) is 2.71. The topological polar surface area (TPSA) is 43.8 Å². The van der Waals surface area contributed by atoms with E-state index in [9.17, 15) is 4.79 Å². The van der Waals surface area contributed by atoms with Gasteiger partial charge in [-0.15, -0.1) is 0 Å². The van der Waals surface area contributed by atoms with E-state index in [0.717, 1.165) is 19.0 Å². The van der Waals surface area contributed by atoms with Crippen molar-refractivity contribution in [3.05, 3.63) is 0 Å². The van der Waals surface area contributed by atoms with Gasteiger partial charge in [-0.2, -0.15) is 0 Å². The molecule has 0 saturated carbocycles. The van der Waals surface area contributed by atoms with Crippen molar-refractivity contribution in [2.24, 2.45) is 5.92 Å². The number of rotatable bonds is 7. The van der Waals surface area contributed by atoms with Crippen LogP contribution in [-0.4, -0.2) is 60.1 Å². The van der Waals surface area contributed by atoms with E-state index < -0.39 is 5.97 Å². The zero-order valence-electron chi connectivity index (χ0n) is 11.4. The Kier molecular flexibility index (Phi) is 5.92. The van der Waals surface area contributed by atoms with Crippen molar-refractivity contribution in [1.29, 1.82) is 0 Å². The number of nitrogens with zero attached hydrogens (tertiary/aromatic N) is 2. The van der Waals surface area contributed by atoms with Gasteiger partial charge in [-0.05, 0) is 38.9 Å². The van der Waals surface area contributed by atoms with Crippen molar-refractivity contribution in [1.82, 2.24) is 9.80 Å². The Balaban J connectivity index is 2.22. The third-order valence-corrected chi connectivity index (χ3v) is 3.57. The first-order valence-electron chi connectivity index (χ1n) is 6.63. The summed E-state index contributed by atoms with van der Waals surface area (Å²) in [6.07, 6.45) is 2.68. The fourth-order valence-corrected chi connectivity index (χ4v) is 2.27. The van der Waals surface area contributed by atoms with Crippen molar-refractivity contribution < 1.29 is 9.90 Å². The van der Waals surface area contributed by atoms with Crippen molar-refractivity contribution in [2.45, 2.75) is 39.2 Å². The molecule has 1 saturated heterocycles. The molecule has 0 aromatic carbocycles. The van der Waals surface area contributed by atoms with E-state index >= 15 is 0 Å². The number of carboxylic acid groups (broad SMARTS) is 1. The summed E-state index contributed by atoms with van der Waals surface area (Å²) < 4.78 is 0. The summed E-state index contributed by atoms with van der Waals surface area (Å²) >= 11 is 0. The largest absolute Gasteiger partial charge is 0.481 e. The fraction of sp³-hybridized carbons (Fsp3) is 0.923. The van der Waals surface area contributed by atoms with Gasteiger partial charge in [-0.25, -0.2) is 0 Å². The van der Waals surface area contributed by atoms with E-state index in [1.165, 1.54) is 19.4 Å². The monoisotopic (exact) mass is 242 g/mol. The maximum atomic E-state index is 10.5. The van der Waals surface area contributed by atoms with Gasteiger partial charge < -0.3 is 14.9 Å². The molecule has 1 atom stereocenters. The SMILES string of the molecule is CC(C)CCN1CCC(N(C)CCC(=O)O)C1. The summed E-state index contributed by atoms with van der Waals surface area (Å²) in [5.74, 6) is 0.0605. The molecule has 1 heterocycles. The number of hydrogen-bond donors (Lipinski definition) is 1. The van der Waals surface area contributed by atoms with Gasteiger partial charge in [0, 0.05) is 19.1 Å². The first kappa shape index (κ1) is 14.5. The van der Waals surface area contributed by atoms with Crippen molar-refractivity contribution in [2.75, 3.05) is 33.2 Å². The molecule has 4 nitrogen and oxygen atoms in total. The molecular weight excluding hydrogens is 216 g/mol. The average molecular weight is 242 g/mol. The molecule has 0 amide bonds. The van der Waals surface area contributed by atoms with Gasteiger partial charge in [-0.3, -0.25) is 4.79 Å². The molecule has 1 rings (SSSR count). The van der Waals surface area contributed by atoms with Crippen LogP contribution in [0.3, 0.4) is 0 Å². The molecule has 0 aromatic rings. The third kappa shape index (κ3) is 5.50. The van der Waals surface area contributed by atoms with Gasteiger partial charge in [-0.1, -0.05) is 13.8 Å². The minimum absolute atomic E-state index is 0.249. The molecule has 17 heavy (non-hydrogen) atoms. The number of likely N-dealkylation sites (N-methyl/N-ethyl adjacent to an activating group) is 1. The van der Waals surface area contributed by atoms with Crippen molar-refractivity contribution >= 4 is 5.97 Å². The molecule has 0 bridgehead atoms. The minimum Gasteiger partial charge on any atom is -0.481 e. The predicted octanol–water partition coefficient (Wildman–Crippen LogP) is 1.51. The highest BCUT2D eigenvalue weighted by atomic mass is 16.4. The Labute approximate surface area is 105 Å². The molecule has 1 aliphatic heterocycles. The van der Waals surface area contributed by atoms with Gasteiger partial charge in [0.1, 0.15) is 0 Å². The van der Waals surface area contributed by atoms with Crippen molar-refractivity contribution in [3.8, 4) is 0 Å². The van der Waals surface area contributed by atoms with E-state index in [-0.39, 0.29) is 6.42 Å². The maximum Gasteiger partial charge on any atom is 0.304 e. The molecule has 1 N–H and O–H groups in total. The molecule has 1 aliphatic rings. The lowest BCUT2D eigenvalue weighted by molar-refractivity contribution is -0.137. The summed E-state index contributed by atoms with van der Waals surface area (Å²) in [4.78, 5) is 15.2. The standard InChI is InChI=1S/C13H26N2O2/c1-11(2)4-8-15-9-5-12(10-15)14(3)7-6-13(16)17/h11-12H,4-10H2,1-3H3,(H,16,17). The van der Waals surface area contributed by atoms with E-state index in [1.807, 2.05) is 7.05 Å². The zero-order valence-corrected chi connectivity index (χ0v) is 11.4. The van der Waals surface area contributed by atoms with E-state index in [4.69, 9.17) is 5.11 Å². The van der Waals surface area contributed by atoms with Gasteiger partial charge in [0.2, 0.25) is 0 Å². The van der Waals surface area contributed by atoms with Crippen LogP contribution in [0.15, 0.2) is 0 Å². The lowest BCUT2D eigenvalue weighted by Gasteiger charge is -2.24. The van der Waals surface area contributed by atoms with Crippen LogP contribution < -0.4 is 0 Å². The Morgan fingerprint density at radius 1 is 1.53 bits per heavy atom.